The minimum absolute atomic E-state index is 0.0981. The fourth-order valence-electron chi connectivity index (χ4n) is 1.12. The van der Waals surface area contributed by atoms with Gasteiger partial charge in [-0.3, -0.25) is 4.79 Å². The molecule has 3 nitrogen and oxygen atoms in total. The van der Waals surface area contributed by atoms with E-state index in [0.717, 1.165) is 8.66 Å². The Kier molecular flexibility index (Phi) is 4.76. The molecule has 2 N–H and O–H groups in total. The molecule has 1 rings (SSSR count). The SMILES string of the molecule is CC(CN)N(C)C(=O)Cc1ccc(Br)s1. The zero-order valence-electron chi connectivity index (χ0n) is 8.87. The summed E-state index contributed by atoms with van der Waals surface area (Å²) in [6.45, 7) is 2.44. The van der Waals surface area contributed by atoms with Crippen molar-refractivity contribution >= 4 is 33.2 Å². The van der Waals surface area contributed by atoms with Gasteiger partial charge in [-0.1, -0.05) is 0 Å². The van der Waals surface area contributed by atoms with E-state index in [-0.39, 0.29) is 11.9 Å². The third kappa shape index (κ3) is 3.59. The van der Waals surface area contributed by atoms with Crippen LogP contribution in [0.1, 0.15) is 11.8 Å². The van der Waals surface area contributed by atoms with Crippen LogP contribution in [0.15, 0.2) is 15.9 Å². The van der Waals surface area contributed by atoms with Crippen molar-refractivity contribution in [3.8, 4) is 0 Å². The van der Waals surface area contributed by atoms with Gasteiger partial charge in [0.1, 0.15) is 0 Å². The Bertz CT molecular complexity index is 340. The van der Waals surface area contributed by atoms with Gasteiger partial charge in [-0.25, -0.2) is 0 Å². The summed E-state index contributed by atoms with van der Waals surface area (Å²) in [5.74, 6) is 0.113. The number of likely N-dealkylation sites (N-methyl/N-ethyl adjacent to an activating group) is 1. The lowest BCUT2D eigenvalue weighted by molar-refractivity contribution is -0.130. The Balaban J connectivity index is 2.55. The summed E-state index contributed by atoms with van der Waals surface area (Å²) in [6.07, 6.45) is 0.455. The van der Waals surface area contributed by atoms with Crippen LogP contribution < -0.4 is 5.73 Å². The van der Waals surface area contributed by atoms with E-state index in [4.69, 9.17) is 5.73 Å². The number of nitrogens with two attached hydrogens (primary N) is 1. The first-order valence-corrected chi connectivity index (χ1v) is 6.35. The first-order valence-electron chi connectivity index (χ1n) is 4.74. The summed E-state index contributed by atoms with van der Waals surface area (Å²) in [6, 6.07) is 4.02. The maximum Gasteiger partial charge on any atom is 0.227 e. The third-order valence-corrected chi connectivity index (χ3v) is 3.97. The van der Waals surface area contributed by atoms with Crippen molar-refractivity contribution in [3.63, 3.8) is 0 Å². The minimum atomic E-state index is 0.0981. The van der Waals surface area contributed by atoms with Crippen LogP contribution in [-0.2, 0) is 11.2 Å². The average molecular weight is 291 g/mol. The Labute approximate surface area is 102 Å². The van der Waals surface area contributed by atoms with Crippen molar-refractivity contribution in [2.45, 2.75) is 19.4 Å². The molecule has 0 fully saturated rings. The van der Waals surface area contributed by atoms with Crippen molar-refractivity contribution < 1.29 is 4.79 Å². The van der Waals surface area contributed by atoms with Gasteiger partial charge in [0.25, 0.3) is 0 Å². The van der Waals surface area contributed by atoms with Gasteiger partial charge in [-0.05, 0) is 35.0 Å². The number of carbonyl (C=O) groups is 1. The van der Waals surface area contributed by atoms with Gasteiger partial charge in [-0.2, -0.15) is 0 Å². The van der Waals surface area contributed by atoms with Gasteiger partial charge in [0.15, 0.2) is 0 Å². The highest BCUT2D eigenvalue weighted by Crippen LogP contribution is 2.22. The molecule has 0 aliphatic carbocycles. The molecule has 1 aromatic heterocycles. The lowest BCUT2D eigenvalue weighted by Crippen LogP contribution is -2.40. The Morgan fingerprint density at radius 1 is 1.67 bits per heavy atom. The van der Waals surface area contributed by atoms with Crippen molar-refractivity contribution in [2.24, 2.45) is 5.73 Å². The monoisotopic (exact) mass is 290 g/mol. The predicted octanol–water partition coefficient (Wildman–Crippen LogP) is 1.86. The van der Waals surface area contributed by atoms with Crippen LogP contribution in [0.3, 0.4) is 0 Å². The summed E-state index contributed by atoms with van der Waals surface area (Å²) in [5.41, 5.74) is 5.51. The number of hydrogen-bond donors (Lipinski definition) is 1. The first kappa shape index (κ1) is 12.7. The molecule has 0 spiro atoms. The zero-order valence-corrected chi connectivity index (χ0v) is 11.3. The highest BCUT2D eigenvalue weighted by Gasteiger charge is 2.15. The van der Waals surface area contributed by atoms with E-state index in [1.165, 1.54) is 0 Å². The van der Waals surface area contributed by atoms with Crippen LogP contribution in [0.4, 0.5) is 0 Å². The third-order valence-electron chi connectivity index (χ3n) is 2.35. The van der Waals surface area contributed by atoms with Gasteiger partial charge in [-0.15, -0.1) is 11.3 Å². The molecular weight excluding hydrogens is 276 g/mol. The lowest BCUT2D eigenvalue weighted by Gasteiger charge is -2.23. The predicted molar refractivity (Wildman–Crippen MR) is 67.0 cm³/mol. The fourth-order valence-corrected chi connectivity index (χ4v) is 2.60. The van der Waals surface area contributed by atoms with Crippen LogP contribution in [0.5, 0.6) is 0 Å². The van der Waals surface area contributed by atoms with Crippen LogP contribution >= 0.6 is 27.3 Å². The van der Waals surface area contributed by atoms with E-state index >= 15 is 0 Å². The number of nitrogens with zero attached hydrogens (tertiary/aromatic N) is 1. The summed E-state index contributed by atoms with van der Waals surface area (Å²) in [7, 11) is 1.79. The molecular formula is C10H15BrN2OS. The van der Waals surface area contributed by atoms with Crippen molar-refractivity contribution in [2.75, 3.05) is 13.6 Å². The molecule has 1 heterocycles. The van der Waals surface area contributed by atoms with Gasteiger partial charge < -0.3 is 10.6 Å². The number of rotatable bonds is 4. The summed E-state index contributed by atoms with van der Waals surface area (Å²) >= 11 is 4.97. The molecule has 84 valence electrons. The molecule has 0 aliphatic heterocycles. The maximum absolute atomic E-state index is 11.8. The molecule has 0 saturated carbocycles. The van der Waals surface area contributed by atoms with Crippen LogP contribution in [0, 0.1) is 0 Å². The van der Waals surface area contributed by atoms with Crippen molar-refractivity contribution in [1.29, 1.82) is 0 Å². The second kappa shape index (κ2) is 5.63. The topological polar surface area (TPSA) is 46.3 Å². The smallest absolute Gasteiger partial charge is 0.227 e. The van der Waals surface area contributed by atoms with Crippen molar-refractivity contribution in [3.05, 3.63) is 20.8 Å². The molecule has 1 unspecified atom stereocenters. The van der Waals surface area contributed by atoms with Gasteiger partial charge in [0.2, 0.25) is 5.91 Å². The lowest BCUT2D eigenvalue weighted by atomic mass is 10.2. The highest BCUT2D eigenvalue weighted by atomic mass is 79.9. The molecule has 1 aromatic rings. The number of halogens is 1. The van der Waals surface area contributed by atoms with E-state index in [0.29, 0.717) is 13.0 Å². The molecule has 15 heavy (non-hydrogen) atoms. The number of hydrogen-bond acceptors (Lipinski definition) is 3. The molecule has 0 bridgehead atoms. The number of carbonyl (C=O) groups excluding carboxylic acids is 1. The summed E-state index contributed by atoms with van der Waals surface area (Å²) in [4.78, 5) is 14.6. The summed E-state index contributed by atoms with van der Waals surface area (Å²) in [5, 5.41) is 0. The fraction of sp³-hybridized carbons (Fsp3) is 0.500. The normalized spacial score (nSPS) is 12.5. The Hall–Kier alpha value is -0.390. The molecule has 1 atom stereocenters. The van der Waals surface area contributed by atoms with E-state index < -0.39 is 0 Å². The van der Waals surface area contributed by atoms with Gasteiger partial charge in [0, 0.05) is 24.5 Å². The molecule has 0 saturated heterocycles. The molecule has 5 heteroatoms. The molecule has 0 aromatic carbocycles. The average Bonchev–Trinajstić information content (AvgIpc) is 2.61. The second-order valence-corrected chi connectivity index (χ2v) is 6.02. The highest BCUT2D eigenvalue weighted by molar-refractivity contribution is 9.11. The van der Waals surface area contributed by atoms with Crippen molar-refractivity contribution in [1.82, 2.24) is 4.90 Å². The van der Waals surface area contributed by atoms with E-state index in [1.54, 1.807) is 23.3 Å². The van der Waals surface area contributed by atoms with E-state index in [1.807, 2.05) is 19.1 Å². The summed E-state index contributed by atoms with van der Waals surface area (Å²) < 4.78 is 1.06. The van der Waals surface area contributed by atoms with Crippen LogP contribution in [0.25, 0.3) is 0 Å². The number of thiophene rings is 1. The zero-order chi connectivity index (χ0) is 11.4. The molecule has 0 aliphatic rings. The standard InChI is InChI=1S/C10H15BrN2OS/c1-7(6-12)13(2)10(14)5-8-3-4-9(11)15-8/h3-4,7H,5-6,12H2,1-2H3. The van der Waals surface area contributed by atoms with Gasteiger partial charge >= 0.3 is 0 Å². The number of amides is 1. The van der Waals surface area contributed by atoms with E-state index in [9.17, 15) is 4.79 Å². The Morgan fingerprint density at radius 3 is 2.80 bits per heavy atom. The van der Waals surface area contributed by atoms with Gasteiger partial charge in [0.05, 0.1) is 10.2 Å². The van der Waals surface area contributed by atoms with Crippen LogP contribution in [-0.4, -0.2) is 30.4 Å². The molecule has 1 amide bonds. The largest absolute Gasteiger partial charge is 0.341 e. The first-order chi connectivity index (χ1) is 7.04. The molecule has 0 radical (unpaired) electrons. The quantitative estimate of drug-likeness (QED) is 0.920. The minimum Gasteiger partial charge on any atom is -0.341 e. The second-order valence-electron chi connectivity index (χ2n) is 3.47. The van der Waals surface area contributed by atoms with Crippen LogP contribution in [0.2, 0.25) is 0 Å². The Morgan fingerprint density at radius 2 is 2.33 bits per heavy atom. The maximum atomic E-state index is 11.8. The van der Waals surface area contributed by atoms with E-state index in [2.05, 4.69) is 15.9 Å².